The van der Waals surface area contributed by atoms with Gasteiger partial charge in [0.15, 0.2) is 0 Å². The van der Waals surface area contributed by atoms with Crippen LogP contribution in [0.15, 0.2) is 72.8 Å². The minimum atomic E-state index is -0.633. The molecule has 4 atom stereocenters. The van der Waals surface area contributed by atoms with Gasteiger partial charge in [0.05, 0.1) is 31.2 Å². The molecule has 1 fully saturated rings. The van der Waals surface area contributed by atoms with Crippen LogP contribution in [0.3, 0.4) is 0 Å². The molecule has 0 saturated heterocycles. The fourth-order valence-corrected chi connectivity index (χ4v) is 5.99. The quantitative estimate of drug-likeness (QED) is 0.433. The minimum Gasteiger partial charge on any atom is -0.497 e. The van der Waals surface area contributed by atoms with Gasteiger partial charge in [-0.3, -0.25) is 9.59 Å². The second-order valence-electron chi connectivity index (χ2n) is 10.1. The summed E-state index contributed by atoms with van der Waals surface area (Å²) in [6, 6.07) is 21.6. The summed E-state index contributed by atoms with van der Waals surface area (Å²) in [7, 11) is 1.63. The van der Waals surface area contributed by atoms with Gasteiger partial charge in [-0.15, -0.1) is 0 Å². The van der Waals surface area contributed by atoms with Gasteiger partial charge in [0.25, 0.3) is 5.91 Å². The van der Waals surface area contributed by atoms with Crippen molar-refractivity contribution in [3.8, 4) is 5.75 Å². The standard InChI is InChI=1S/C31H33ClN2O4/c1-38-23-16-10-20(11-17-23)18-19-33-30(36)28-24-6-2-3-7-25(24)31(37)34(26-8-4-5-9-27(26)35)29(28)21-12-14-22(32)15-13-21/h2-3,6-7,10-17,26-29,35H,4-5,8-9,18-19H2,1H3,(H,33,36)/t26-,27-,28+,29-/m0/s1. The van der Waals surface area contributed by atoms with E-state index in [1.165, 1.54) is 0 Å². The largest absolute Gasteiger partial charge is 0.497 e. The van der Waals surface area contributed by atoms with E-state index in [4.69, 9.17) is 16.3 Å². The third-order valence-corrected chi connectivity index (χ3v) is 8.05. The summed E-state index contributed by atoms with van der Waals surface area (Å²) in [5.41, 5.74) is 3.14. The Balaban J connectivity index is 1.50. The Morgan fingerprint density at radius 2 is 1.74 bits per heavy atom. The number of hydrogen-bond acceptors (Lipinski definition) is 4. The Morgan fingerprint density at radius 1 is 1.03 bits per heavy atom. The van der Waals surface area contributed by atoms with Crippen molar-refractivity contribution in [1.82, 2.24) is 10.2 Å². The van der Waals surface area contributed by atoms with Crippen molar-refractivity contribution in [2.45, 2.75) is 56.2 Å². The van der Waals surface area contributed by atoms with Crippen molar-refractivity contribution in [2.75, 3.05) is 13.7 Å². The number of nitrogens with zero attached hydrogens (tertiary/aromatic N) is 1. The molecule has 3 aromatic carbocycles. The van der Waals surface area contributed by atoms with Gasteiger partial charge in [0.1, 0.15) is 5.75 Å². The van der Waals surface area contributed by atoms with Crippen LogP contribution in [0, 0.1) is 0 Å². The zero-order valence-corrected chi connectivity index (χ0v) is 22.2. The number of amides is 2. The summed E-state index contributed by atoms with van der Waals surface area (Å²) in [6.07, 6.45) is 3.23. The highest BCUT2D eigenvalue weighted by atomic mass is 35.5. The molecule has 0 spiro atoms. The number of benzene rings is 3. The molecule has 1 saturated carbocycles. The molecule has 0 radical (unpaired) electrons. The first-order chi connectivity index (χ1) is 18.5. The number of halogens is 1. The third kappa shape index (κ3) is 5.29. The van der Waals surface area contributed by atoms with Crippen LogP contribution in [0.25, 0.3) is 0 Å². The first-order valence-electron chi connectivity index (χ1n) is 13.2. The van der Waals surface area contributed by atoms with E-state index in [1.807, 2.05) is 54.6 Å². The molecular formula is C31H33ClN2O4. The maximum atomic E-state index is 14.0. The van der Waals surface area contributed by atoms with Gasteiger partial charge in [-0.25, -0.2) is 0 Å². The summed E-state index contributed by atoms with van der Waals surface area (Å²) < 4.78 is 5.23. The van der Waals surface area contributed by atoms with E-state index in [9.17, 15) is 14.7 Å². The van der Waals surface area contributed by atoms with Crippen molar-refractivity contribution in [3.63, 3.8) is 0 Å². The fourth-order valence-electron chi connectivity index (χ4n) is 5.86. The lowest BCUT2D eigenvalue weighted by atomic mass is 9.76. The lowest BCUT2D eigenvalue weighted by molar-refractivity contribution is -0.125. The monoisotopic (exact) mass is 532 g/mol. The van der Waals surface area contributed by atoms with Crippen molar-refractivity contribution >= 4 is 23.4 Å². The highest BCUT2D eigenvalue weighted by Gasteiger charge is 2.48. The van der Waals surface area contributed by atoms with Crippen LogP contribution < -0.4 is 10.1 Å². The second-order valence-corrected chi connectivity index (χ2v) is 10.5. The molecule has 1 heterocycles. The number of carbonyl (C=O) groups is 2. The zero-order valence-electron chi connectivity index (χ0n) is 21.5. The second kappa shape index (κ2) is 11.6. The van der Waals surface area contributed by atoms with E-state index in [-0.39, 0.29) is 17.9 Å². The number of nitrogens with one attached hydrogen (secondary N) is 1. The van der Waals surface area contributed by atoms with Gasteiger partial charge in [-0.1, -0.05) is 66.9 Å². The Hall–Kier alpha value is -3.35. The molecule has 2 aliphatic rings. The number of carbonyl (C=O) groups excluding carboxylic acids is 2. The third-order valence-electron chi connectivity index (χ3n) is 7.79. The smallest absolute Gasteiger partial charge is 0.255 e. The SMILES string of the molecule is COc1ccc(CCNC(=O)[C@@H]2c3ccccc3C(=O)N([C@H]3CCCC[C@@H]3O)[C@H]2c2ccc(Cl)cc2)cc1. The van der Waals surface area contributed by atoms with Crippen LogP contribution in [0.4, 0.5) is 0 Å². The van der Waals surface area contributed by atoms with Gasteiger partial charge < -0.3 is 20.1 Å². The number of aliphatic hydroxyl groups excluding tert-OH is 1. The van der Waals surface area contributed by atoms with E-state index in [0.717, 1.165) is 29.7 Å². The maximum absolute atomic E-state index is 14.0. The molecular weight excluding hydrogens is 500 g/mol. The van der Waals surface area contributed by atoms with E-state index in [1.54, 1.807) is 30.2 Å². The molecule has 2 N–H and O–H groups in total. The number of aliphatic hydroxyl groups is 1. The van der Waals surface area contributed by atoms with Crippen LogP contribution in [-0.4, -0.2) is 47.6 Å². The molecule has 5 rings (SSSR count). The van der Waals surface area contributed by atoms with E-state index in [0.29, 0.717) is 42.0 Å². The Morgan fingerprint density at radius 3 is 2.45 bits per heavy atom. The number of rotatable bonds is 7. The van der Waals surface area contributed by atoms with Gasteiger partial charge in [-0.2, -0.15) is 0 Å². The predicted molar refractivity (Wildman–Crippen MR) is 148 cm³/mol. The first kappa shape index (κ1) is 26.3. The molecule has 1 aliphatic heterocycles. The minimum absolute atomic E-state index is 0.145. The number of fused-ring (bicyclic) bond motifs is 1. The van der Waals surface area contributed by atoms with Gasteiger partial charge in [-0.05, 0) is 66.3 Å². The number of hydrogen-bond donors (Lipinski definition) is 2. The van der Waals surface area contributed by atoms with Gasteiger partial charge in [0, 0.05) is 17.1 Å². The van der Waals surface area contributed by atoms with Crippen molar-refractivity contribution in [2.24, 2.45) is 0 Å². The average Bonchev–Trinajstić information content (AvgIpc) is 2.94. The molecule has 198 valence electrons. The highest BCUT2D eigenvalue weighted by molar-refractivity contribution is 6.30. The molecule has 3 aromatic rings. The molecule has 38 heavy (non-hydrogen) atoms. The molecule has 0 bridgehead atoms. The van der Waals surface area contributed by atoms with E-state index >= 15 is 0 Å². The lowest BCUT2D eigenvalue weighted by Gasteiger charge is -2.48. The van der Waals surface area contributed by atoms with Gasteiger partial charge >= 0.3 is 0 Å². The summed E-state index contributed by atoms with van der Waals surface area (Å²) in [4.78, 5) is 29.7. The predicted octanol–water partition coefficient (Wildman–Crippen LogP) is 5.29. The normalized spacial score (nSPS) is 23.0. The van der Waals surface area contributed by atoms with Crippen molar-refractivity contribution in [3.05, 3.63) is 100 Å². The molecule has 1 aliphatic carbocycles. The van der Waals surface area contributed by atoms with Crippen LogP contribution in [0.1, 0.15) is 64.7 Å². The van der Waals surface area contributed by atoms with Crippen molar-refractivity contribution < 1.29 is 19.4 Å². The molecule has 2 amide bonds. The highest BCUT2D eigenvalue weighted by Crippen LogP contribution is 2.46. The van der Waals surface area contributed by atoms with Gasteiger partial charge in [0.2, 0.25) is 5.91 Å². The van der Waals surface area contributed by atoms with Crippen LogP contribution >= 0.6 is 11.6 Å². The first-order valence-corrected chi connectivity index (χ1v) is 13.6. The van der Waals surface area contributed by atoms with Crippen LogP contribution in [0.5, 0.6) is 5.75 Å². The summed E-state index contributed by atoms with van der Waals surface area (Å²) in [5, 5.41) is 14.7. The van der Waals surface area contributed by atoms with E-state index < -0.39 is 18.1 Å². The number of methoxy groups -OCH3 is 1. The van der Waals surface area contributed by atoms with E-state index in [2.05, 4.69) is 5.32 Å². The Kier molecular flexibility index (Phi) is 8.01. The summed E-state index contributed by atoms with van der Waals surface area (Å²) in [6.45, 7) is 0.456. The average molecular weight is 533 g/mol. The maximum Gasteiger partial charge on any atom is 0.255 e. The van der Waals surface area contributed by atoms with Crippen molar-refractivity contribution in [1.29, 1.82) is 0 Å². The molecule has 7 heteroatoms. The van der Waals surface area contributed by atoms with Crippen LogP contribution in [-0.2, 0) is 11.2 Å². The Bertz CT molecular complexity index is 1280. The number of ether oxygens (including phenoxy) is 1. The zero-order chi connectivity index (χ0) is 26.6. The molecule has 0 unspecified atom stereocenters. The Labute approximate surface area is 228 Å². The fraction of sp³-hybridized carbons (Fsp3) is 0.355. The summed E-state index contributed by atoms with van der Waals surface area (Å²) >= 11 is 6.21. The molecule has 6 nitrogen and oxygen atoms in total. The molecule has 0 aromatic heterocycles. The lowest BCUT2D eigenvalue weighted by Crippen LogP contribution is -2.55. The topological polar surface area (TPSA) is 78.9 Å². The summed E-state index contributed by atoms with van der Waals surface area (Å²) in [5.74, 6) is -0.130. The van der Waals surface area contributed by atoms with Crippen LogP contribution in [0.2, 0.25) is 5.02 Å².